The second-order valence-electron chi connectivity index (χ2n) is 9.69. The molecule has 1 fully saturated rings. The molecule has 6 atom stereocenters. The Morgan fingerprint density at radius 2 is 1.76 bits per heavy atom. The molecule has 1 aromatic carbocycles. The molecule has 196 valence electrons. The molecule has 37 heavy (non-hydrogen) atoms. The van der Waals surface area contributed by atoms with Crippen LogP contribution in [0.15, 0.2) is 35.1 Å². The van der Waals surface area contributed by atoms with Crippen molar-refractivity contribution in [2.24, 2.45) is 17.6 Å². The molecule has 12 nitrogen and oxygen atoms in total. The van der Waals surface area contributed by atoms with Crippen LogP contribution >= 0.6 is 0 Å². The monoisotopic (exact) mass is 514 g/mol. The van der Waals surface area contributed by atoms with Crippen molar-refractivity contribution in [2.75, 3.05) is 14.1 Å². The van der Waals surface area contributed by atoms with Gasteiger partial charge in [0.2, 0.25) is 5.78 Å². The molecule has 1 amide bonds. The summed E-state index contributed by atoms with van der Waals surface area (Å²) in [5.74, 6) is -11.2. The van der Waals surface area contributed by atoms with Crippen molar-refractivity contribution in [3.05, 3.63) is 51.8 Å². The fraction of sp³-hybridized carbons (Fsp3) is 0.360. The number of aliphatic hydroxyl groups excluding tert-OH is 3. The molecule has 4 rings (SSSR count). The van der Waals surface area contributed by atoms with Crippen LogP contribution < -0.4 is 5.73 Å². The van der Waals surface area contributed by atoms with Gasteiger partial charge in [-0.15, -0.1) is 0 Å². The standard InChI is InChI=1S/C25H26N2O10/c1-8-10-6-4-9(5-7-11(28)29)18(30)13(10)19(31)14-12(8)20(32)16-17(27(2)3)21(33)15(24(26)36)23(35)25(16,37)22(14)34/h4-8,12,16-17,20,30-32,35,37H,1-3H3,(H2,26,36)(H,28,29)/b7-5+. The highest BCUT2D eigenvalue weighted by Crippen LogP contribution is 2.56. The summed E-state index contributed by atoms with van der Waals surface area (Å²) in [5.41, 5.74) is 0.862. The van der Waals surface area contributed by atoms with Crippen LogP contribution in [0.1, 0.15) is 29.5 Å². The van der Waals surface area contributed by atoms with Gasteiger partial charge in [-0.25, -0.2) is 4.79 Å². The minimum Gasteiger partial charge on any atom is -0.508 e. The molecule has 0 bridgehead atoms. The fourth-order valence-corrected chi connectivity index (χ4v) is 5.93. The van der Waals surface area contributed by atoms with E-state index in [2.05, 4.69) is 0 Å². The Kier molecular flexibility index (Phi) is 6.02. The number of hydrogen-bond donors (Lipinski definition) is 7. The number of nitrogens with two attached hydrogens (primary N) is 1. The summed E-state index contributed by atoms with van der Waals surface area (Å²) in [6.45, 7) is 1.60. The third kappa shape index (κ3) is 3.40. The van der Waals surface area contributed by atoms with Crippen LogP contribution in [0.2, 0.25) is 0 Å². The molecule has 12 heteroatoms. The summed E-state index contributed by atoms with van der Waals surface area (Å²) in [4.78, 5) is 51.2. The fourth-order valence-electron chi connectivity index (χ4n) is 5.93. The van der Waals surface area contributed by atoms with E-state index in [-0.39, 0.29) is 11.1 Å². The van der Waals surface area contributed by atoms with Crippen LogP contribution in [-0.2, 0) is 19.2 Å². The Morgan fingerprint density at radius 3 is 2.30 bits per heavy atom. The number of phenolic OH excluding ortho intramolecular Hbond substituents is 1. The summed E-state index contributed by atoms with van der Waals surface area (Å²) in [5, 5.41) is 65.0. The lowest BCUT2D eigenvalue weighted by Crippen LogP contribution is -2.70. The minimum absolute atomic E-state index is 0.00837. The zero-order valence-electron chi connectivity index (χ0n) is 20.0. The molecule has 0 aliphatic heterocycles. The Balaban J connectivity index is 2.03. The lowest BCUT2D eigenvalue weighted by atomic mass is 9.54. The maximum atomic E-state index is 13.9. The molecule has 1 saturated carbocycles. The van der Waals surface area contributed by atoms with Gasteiger partial charge in [-0.05, 0) is 31.7 Å². The van der Waals surface area contributed by atoms with Crippen LogP contribution in [0, 0.1) is 11.8 Å². The summed E-state index contributed by atoms with van der Waals surface area (Å²) in [6, 6.07) is 1.46. The quantitative estimate of drug-likeness (QED) is 0.202. The number of aromatic hydroxyl groups is 1. The van der Waals surface area contributed by atoms with Crippen molar-refractivity contribution >= 4 is 35.3 Å². The lowest BCUT2D eigenvalue weighted by molar-refractivity contribution is -0.169. The number of carbonyl (C=O) groups is 4. The van der Waals surface area contributed by atoms with Gasteiger partial charge in [-0.1, -0.05) is 19.1 Å². The van der Waals surface area contributed by atoms with E-state index in [1.54, 1.807) is 6.92 Å². The normalized spacial score (nSPS) is 31.5. The number of phenols is 1. The average molecular weight is 514 g/mol. The molecule has 0 heterocycles. The van der Waals surface area contributed by atoms with Crippen LogP contribution in [0.4, 0.5) is 0 Å². The zero-order chi connectivity index (χ0) is 27.7. The second kappa shape index (κ2) is 8.54. The molecule has 6 unspecified atom stereocenters. The summed E-state index contributed by atoms with van der Waals surface area (Å²) >= 11 is 0. The van der Waals surface area contributed by atoms with Gasteiger partial charge in [0.05, 0.1) is 23.6 Å². The predicted octanol–water partition coefficient (Wildman–Crippen LogP) is -0.406. The van der Waals surface area contributed by atoms with Gasteiger partial charge in [0.1, 0.15) is 22.8 Å². The van der Waals surface area contributed by atoms with Crippen molar-refractivity contribution in [1.29, 1.82) is 0 Å². The topological polar surface area (TPSA) is 219 Å². The number of rotatable bonds is 4. The number of ketones is 2. The van der Waals surface area contributed by atoms with Crippen molar-refractivity contribution < 1.29 is 49.8 Å². The van der Waals surface area contributed by atoms with Crippen LogP contribution in [0.5, 0.6) is 5.75 Å². The van der Waals surface area contributed by atoms with Gasteiger partial charge in [-0.3, -0.25) is 19.3 Å². The zero-order valence-corrected chi connectivity index (χ0v) is 20.0. The minimum atomic E-state index is -3.00. The summed E-state index contributed by atoms with van der Waals surface area (Å²) < 4.78 is 0. The van der Waals surface area contributed by atoms with Crippen molar-refractivity contribution in [3.63, 3.8) is 0 Å². The number of likely N-dealkylation sites (N-methyl/N-ethyl adjacent to an activating group) is 1. The average Bonchev–Trinajstić information content (AvgIpc) is 2.80. The second-order valence-corrected chi connectivity index (χ2v) is 9.69. The van der Waals surface area contributed by atoms with Crippen LogP contribution in [0.3, 0.4) is 0 Å². The number of fused-ring (bicyclic) bond motifs is 3. The van der Waals surface area contributed by atoms with Crippen molar-refractivity contribution in [1.82, 2.24) is 4.90 Å². The molecular formula is C25H26N2O10. The first-order valence-corrected chi connectivity index (χ1v) is 11.3. The number of amides is 1. The Hall–Kier alpha value is -4.00. The smallest absolute Gasteiger partial charge is 0.328 e. The first-order chi connectivity index (χ1) is 17.2. The number of carbonyl (C=O) groups excluding carboxylic acids is 3. The SMILES string of the molecule is CC1c2ccc(/C=C/C(=O)O)c(O)c2C(O)=C2C(=O)C3(O)C(O)=C(C(N)=O)C(=O)C(N(C)C)C3C(O)C21. The van der Waals surface area contributed by atoms with Gasteiger partial charge >= 0.3 is 5.97 Å². The van der Waals surface area contributed by atoms with Gasteiger partial charge in [0.25, 0.3) is 5.91 Å². The number of aliphatic carboxylic acids is 1. The highest BCUT2D eigenvalue weighted by Gasteiger charge is 2.68. The molecule has 0 radical (unpaired) electrons. The van der Waals surface area contributed by atoms with Gasteiger partial charge < -0.3 is 36.4 Å². The first-order valence-electron chi connectivity index (χ1n) is 11.3. The number of primary amides is 1. The number of nitrogens with zero attached hydrogens (tertiary/aromatic N) is 1. The van der Waals surface area contributed by atoms with Crippen LogP contribution in [0.25, 0.3) is 11.8 Å². The van der Waals surface area contributed by atoms with E-state index >= 15 is 0 Å². The molecule has 0 aromatic heterocycles. The van der Waals surface area contributed by atoms with E-state index in [0.717, 1.165) is 12.2 Å². The maximum Gasteiger partial charge on any atom is 0.328 e. The lowest BCUT2D eigenvalue weighted by Gasteiger charge is -2.53. The Morgan fingerprint density at radius 1 is 1.14 bits per heavy atom. The third-order valence-corrected chi connectivity index (χ3v) is 7.57. The third-order valence-electron chi connectivity index (χ3n) is 7.57. The van der Waals surface area contributed by atoms with E-state index in [9.17, 15) is 44.7 Å². The number of carboxylic acid groups (broad SMARTS) is 1. The first kappa shape index (κ1) is 26.1. The molecule has 8 N–H and O–H groups in total. The van der Waals surface area contributed by atoms with E-state index in [0.29, 0.717) is 5.56 Å². The maximum absolute atomic E-state index is 13.9. The molecule has 1 aromatic rings. The van der Waals surface area contributed by atoms with Crippen LogP contribution in [-0.4, -0.2) is 90.8 Å². The number of hydrogen-bond acceptors (Lipinski definition) is 10. The number of benzene rings is 1. The highest BCUT2D eigenvalue weighted by molar-refractivity contribution is 6.24. The van der Waals surface area contributed by atoms with Crippen molar-refractivity contribution in [2.45, 2.75) is 30.6 Å². The highest BCUT2D eigenvalue weighted by atomic mass is 16.4. The molecular weight excluding hydrogens is 488 g/mol. The van der Waals surface area contributed by atoms with E-state index < -0.39 is 87.4 Å². The number of carboxylic acids is 1. The summed E-state index contributed by atoms with van der Waals surface area (Å²) in [7, 11) is 2.85. The van der Waals surface area contributed by atoms with E-state index in [1.807, 2.05) is 0 Å². The molecule has 3 aliphatic carbocycles. The predicted molar refractivity (Wildman–Crippen MR) is 127 cm³/mol. The largest absolute Gasteiger partial charge is 0.508 e. The number of aliphatic hydroxyl groups is 4. The molecule has 0 saturated heterocycles. The molecule has 3 aliphatic rings. The molecule has 0 spiro atoms. The van der Waals surface area contributed by atoms with Gasteiger partial charge in [-0.2, -0.15) is 0 Å². The summed E-state index contributed by atoms with van der Waals surface area (Å²) in [6.07, 6.45) is 0.151. The van der Waals surface area contributed by atoms with Gasteiger partial charge in [0.15, 0.2) is 11.4 Å². The Labute approximate surface area is 210 Å². The van der Waals surface area contributed by atoms with Crippen molar-refractivity contribution in [3.8, 4) is 5.75 Å². The number of Topliss-reactive ketones (excluding diaryl/α,β-unsaturated/α-hetero) is 2. The van der Waals surface area contributed by atoms with Gasteiger partial charge in [0, 0.05) is 23.1 Å². The Bertz CT molecular complexity index is 1360. The van der Waals surface area contributed by atoms with E-state index in [4.69, 9.17) is 10.8 Å². The van der Waals surface area contributed by atoms with E-state index in [1.165, 1.54) is 31.1 Å².